The van der Waals surface area contributed by atoms with Crippen LogP contribution in [0.5, 0.6) is 0 Å². The topological polar surface area (TPSA) is 99.8 Å². The Morgan fingerprint density at radius 1 is 1.00 bits per heavy atom. The second-order valence-corrected chi connectivity index (χ2v) is 9.38. The molecule has 1 aliphatic heterocycles. The quantitative estimate of drug-likeness (QED) is 0.612. The van der Waals surface area contributed by atoms with E-state index in [1.165, 1.54) is 9.21 Å². The summed E-state index contributed by atoms with van der Waals surface area (Å²) in [6.45, 7) is 2.38. The predicted octanol–water partition coefficient (Wildman–Crippen LogP) is 2.17. The third-order valence-corrected chi connectivity index (χ3v) is 7.24. The Hall–Kier alpha value is -3.17. The first-order valence-corrected chi connectivity index (χ1v) is 11.4. The Morgan fingerprint density at radius 3 is 2.35 bits per heavy atom. The molecule has 8 nitrogen and oxygen atoms in total. The number of aromatic nitrogens is 1. The van der Waals surface area contributed by atoms with Gasteiger partial charge < -0.3 is 14.6 Å². The molecule has 1 fully saturated rings. The molecule has 0 radical (unpaired) electrons. The van der Waals surface area contributed by atoms with Crippen LogP contribution in [-0.4, -0.2) is 67.3 Å². The van der Waals surface area contributed by atoms with Crippen molar-refractivity contribution in [1.82, 2.24) is 14.2 Å². The molecule has 9 heteroatoms. The molecule has 0 aliphatic carbocycles. The van der Waals surface area contributed by atoms with E-state index in [2.05, 4.69) is 4.98 Å². The van der Waals surface area contributed by atoms with Crippen LogP contribution in [0.1, 0.15) is 16.1 Å². The van der Waals surface area contributed by atoms with E-state index in [1.54, 1.807) is 30.3 Å². The fraction of sp³-hybridized carbons (Fsp3) is 0.273. The van der Waals surface area contributed by atoms with Crippen LogP contribution in [0.4, 0.5) is 0 Å². The average Bonchev–Trinajstić information content (AvgIpc) is 3.22. The van der Waals surface area contributed by atoms with Gasteiger partial charge in [-0.2, -0.15) is 4.31 Å². The van der Waals surface area contributed by atoms with E-state index < -0.39 is 16.0 Å². The zero-order valence-corrected chi connectivity index (χ0v) is 17.9. The fourth-order valence-electron chi connectivity index (χ4n) is 3.52. The molecule has 0 bridgehead atoms. The Kier molecular flexibility index (Phi) is 5.79. The number of carbonyl (C=O) groups excluding carboxylic acids is 2. The number of sulfonamides is 1. The average molecular weight is 442 g/mol. The van der Waals surface area contributed by atoms with E-state index in [-0.39, 0.29) is 49.3 Å². The molecule has 31 heavy (non-hydrogen) atoms. The molecule has 0 saturated carbocycles. The van der Waals surface area contributed by atoms with Crippen molar-refractivity contribution in [3.05, 3.63) is 65.9 Å². The maximum atomic E-state index is 12.8. The number of fused-ring (bicyclic) bond motifs is 1. The van der Waals surface area contributed by atoms with Crippen molar-refractivity contribution in [3.8, 4) is 0 Å². The van der Waals surface area contributed by atoms with Gasteiger partial charge in [-0.3, -0.25) is 4.79 Å². The standard InChI is InChI=1S/C22H23N3O5S/c1-16-6-8-18(9-7-16)31(28,29)25-12-10-24(11-13-25)21(26)15-30-22(27)20-14-17-4-2-3-5-19(17)23-20/h2-9,14,23H,10-13,15H2,1H3. The van der Waals surface area contributed by atoms with Crippen LogP contribution in [0.3, 0.4) is 0 Å². The number of nitrogens with one attached hydrogen (secondary N) is 1. The molecule has 1 saturated heterocycles. The lowest BCUT2D eigenvalue weighted by atomic mass is 10.2. The van der Waals surface area contributed by atoms with Crippen molar-refractivity contribution >= 4 is 32.8 Å². The minimum absolute atomic E-state index is 0.192. The zero-order valence-electron chi connectivity index (χ0n) is 17.1. The van der Waals surface area contributed by atoms with Gasteiger partial charge in [-0.05, 0) is 31.2 Å². The van der Waals surface area contributed by atoms with E-state index in [0.29, 0.717) is 0 Å². The van der Waals surface area contributed by atoms with Gasteiger partial charge in [0.1, 0.15) is 5.69 Å². The van der Waals surface area contributed by atoms with Crippen molar-refractivity contribution in [1.29, 1.82) is 0 Å². The summed E-state index contributed by atoms with van der Waals surface area (Å²) in [6, 6.07) is 15.8. The van der Waals surface area contributed by atoms with Gasteiger partial charge in [0, 0.05) is 37.1 Å². The molecule has 1 aromatic heterocycles. The second kappa shape index (κ2) is 8.52. The number of para-hydroxylation sites is 1. The van der Waals surface area contributed by atoms with Gasteiger partial charge in [-0.15, -0.1) is 0 Å². The van der Waals surface area contributed by atoms with Gasteiger partial charge in [0.2, 0.25) is 10.0 Å². The summed E-state index contributed by atoms with van der Waals surface area (Å²) < 4.78 is 32.1. The van der Waals surface area contributed by atoms with Crippen molar-refractivity contribution in [2.75, 3.05) is 32.8 Å². The number of piperazine rings is 1. The number of ether oxygens (including phenoxy) is 1. The van der Waals surface area contributed by atoms with Crippen molar-refractivity contribution < 1.29 is 22.7 Å². The number of carbonyl (C=O) groups is 2. The molecule has 1 amide bonds. The van der Waals surface area contributed by atoms with Crippen LogP contribution in [-0.2, 0) is 19.6 Å². The molecule has 0 unspecified atom stereocenters. The highest BCUT2D eigenvalue weighted by Crippen LogP contribution is 2.19. The lowest BCUT2D eigenvalue weighted by Gasteiger charge is -2.33. The zero-order chi connectivity index (χ0) is 22.0. The third-order valence-electron chi connectivity index (χ3n) is 5.33. The maximum absolute atomic E-state index is 12.8. The first-order chi connectivity index (χ1) is 14.8. The molecule has 162 valence electrons. The second-order valence-electron chi connectivity index (χ2n) is 7.44. The Bertz CT molecular complexity index is 1180. The molecular formula is C22H23N3O5S. The normalized spacial score (nSPS) is 15.2. The molecule has 1 aliphatic rings. The number of hydrogen-bond acceptors (Lipinski definition) is 5. The lowest BCUT2D eigenvalue weighted by Crippen LogP contribution is -2.51. The lowest BCUT2D eigenvalue weighted by molar-refractivity contribution is -0.135. The summed E-state index contributed by atoms with van der Waals surface area (Å²) in [6.07, 6.45) is 0. The number of rotatable bonds is 5. The van der Waals surface area contributed by atoms with E-state index in [1.807, 2.05) is 31.2 Å². The van der Waals surface area contributed by atoms with Crippen LogP contribution in [0.25, 0.3) is 10.9 Å². The largest absolute Gasteiger partial charge is 0.451 e. The molecule has 2 heterocycles. The highest BCUT2D eigenvalue weighted by molar-refractivity contribution is 7.89. The number of amides is 1. The van der Waals surface area contributed by atoms with Gasteiger partial charge in [0.15, 0.2) is 6.61 Å². The molecule has 1 N–H and O–H groups in total. The summed E-state index contributed by atoms with van der Waals surface area (Å²) in [7, 11) is -3.60. The number of nitrogens with zero attached hydrogens (tertiary/aromatic N) is 2. The molecular weight excluding hydrogens is 418 g/mol. The summed E-state index contributed by atoms with van der Waals surface area (Å²) in [5, 5.41) is 0.881. The van der Waals surface area contributed by atoms with E-state index >= 15 is 0 Å². The van der Waals surface area contributed by atoms with Crippen molar-refractivity contribution in [2.45, 2.75) is 11.8 Å². The summed E-state index contributed by atoms with van der Waals surface area (Å²) in [4.78, 5) is 29.4. The number of benzene rings is 2. The highest BCUT2D eigenvalue weighted by atomic mass is 32.2. The molecule has 0 atom stereocenters. The van der Waals surface area contributed by atoms with Crippen molar-refractivity contribution in [3.63, 3.8) is 0 Å². The van der Waals surface area contributed by atoms with Gasteiger partial charge in [0.25, 0.3) is 5.91 Å². The molecule has 4 rings (SSSR count). The van der Waals surface area contributed by atoms with Crippen LogP contribution in [0, 0.1) is 6.92 Å². The molecule has 3 aromatic rings. The number of hydrogen-bond donors (Lipinski definition) is 1. The third kappa shape index (κ3) is 4.47. The molecule has 2 aromatic carbocycles. The van der Waals surface area contributed by atoms with Crippen LogP contribution < -0.4 is 0 Å². The van der Waals surface area contributed by atoms with Crippen LogP contribution in [0.2, 0.25) is 0 Å². The van der Waals surface area contributed by atoms with Gasteiger partial charge >= 0.3 is 5.97 Å². The van der Waals surface area contributed by atoms with Crippen molar-refractivity contribution in [2.24, 2.45) is 0 Å². The van der Waals surface area contributed by atoms with Gasteiger partial charge in [0.05, 0.1) is 4.90 Å². The van der Waals surface area contributed by atoms with E-state index in [9.17, 15) is 18.0 Å². The minimum Gasteiger partial charge on any atom is -0.451 e. The number of aromatic amines is 1. The number of aryl methyl sites for hydroxylation is 1. The summed E-state index contributed by atoms with van der Waals surface area (Å²) in [5.41, 5.74) is 2.08. The molecule has 0 spiro atoms. The SMILES string of the molecule is Cc1ccc(S(=O)(=O)N2CCN(C(=O)COC(=O)c3cc4ccccc4[nH]3)CC2)cc1. The first kappa shape index (κ1) is 21.1. The van der Waals surface area contributed by atoms with Gasteiger partial charge in [-0.1, -0.05) is 35.9 Å². The highest BCUT2D eigenvalue weighted by Gasteiger charge is 2.30. The Balaban J connectivity index is 1.31. The van der Waals surface area contributed by atoms with Crippen LogP contribution in [0.15, 0.2) is 59.5 Å². The van der Waals surface area contributed by atoms with Gasteiger partial charge in [-0.25, -0.2) is 13.2 Å². The van der Waals surface area contributed by atoms with E-state index in [0.717, 1.165) is 16.5 Å². The Morgan fingerprint density at radius 2 is 1.68 bits per heavy atom. The fourth-order valence-corrected chi connectivity index (χ4v) is 4.94. The van der Waals surface area contributed by atoms with Crippen LogP contribution >= 0.6 is 0 Å². The number of H-pyrrole nitrogens is 1. The first-order valence-electron chi connectivity index (χ1n) is 9.94. The monoisotopic (exact) mass is 441 g/mol. The number of esters is 1. The predicted molar refractivity (Wildman–Crippen MR) is 115 cm³/mol. The Labute approximate surface area is 180 Å². The summed E-state index contributed by atoms with van der Waals surface area (Å²) in [5.74, 6) is -0.957. The minimum atomic E-state index is -3.60. The smallest absolute Gasteiger partial charge is 0.355 e. The maximum Gasteiger partial charge on any atom is 0.355 e. The van der Waals surface area contributed by atoms with E-state index in [4.69, 9.17) is 4.74 Å². The summed E-state index contributed by atoms with van der Waals surface area (Å²) >= 11 is 0.